The summed E-state index contributed by atoms with van der Waals surface area (Å²) in [6.45, 7) is 1.36. The van der Waals surface area contributed by atoms with Crippen LogP contribution in [0.5, 0.6) is 5.75 Å². The van der Waals surface area contributed by atoms with Crippen molar-refractivity contribution in [3.05, 3.63) is 23.3 Å². The van der Waals surface area contributed by atoms with Crippen molar-refractivity contribution in [3.63, 3.8) is 0 Å². The fourth-order valence-corrected chi connectivity index (χ4v) is 1.25. The van der Waals surface area contributed by atoms with Crippen LogP contribution in [0.3, 0.4) is 0 Å². The first-order valence-corrected chi connectivity index (χ1v) is 5.03. The lowest BCUT2D eigenvalue weighted by atomic mass is 10.2. The topological polar surface area (TPSA) is 107 Å². The molecule has 8 heteroatoms. The van der Waals surface area contributed by atoms with Crippen LogP contribution in [0.4, 0.5) is 14.5 Å². The molecular formula is C11H11F2N5O. The largest absolute Gasteiger partial charge is 0.496 e. The Morgan fingerprint density at radius 2 is 2.16 bits per heavy atom. The maximum absolute atomic E-state index is 13.6. The molecule has 6 nitrogen and oxygen atoms in total. The Bertz CT molecular complexity index is 592. The molecule has 1 rings (SSSR count). The molecule has 19 heavy (non-hydrogen) atoms. The van der Waals surface area contributed by atoms with Crippen LogP contribution in [0.15, 0.2) is 11.2 Å². The molecule has 0 saturated heterocycles. The van der Waals surface area contributed by atoms with Gasteiger partial charge in [-0.05, 0) is 6.92 Å². The van der Waals surface area contributed by atoms with E-state index in [1.807, 2.05) is 0 Å². The molecule has 1 aromatic carbocycles. The summed E-state index contributed by atoms with van der Waals surface area (Å²) in [6.07, 6.45) is 0. The van der Waals surface area contributed by atoms with Crippen LogP contribution in [0.25, 0.3) is 0 Å². The van der Waals surface area contributed by atoms with Gasteiger partial charge in [0.05, 0.1) is 12.8 Å². The molecule has 100 valence electrons. The molecule has 0 aliphatic rings. The standard InChI is InChI=1S/C11H11F2N5O/c1-5-8(19-2)3-6(10(13)9(5)12)17-18-7(4-14)11(15)16/h3,17H,1-2H3,(H3,15,16)/b18-7+. The highest BCUT2D eigenvalue weighted by Crippen LogP contribution is 2.29. The molecular weight excluding hydrogens is 256 g/mol. The van der Waals surface area contributed by atoms with E-state index in [2.05, 4.69) is 10.5 Å². The number of amidine groups is 1. The van der Waals surface area contributed by atoms with Crippen molar-refractivity contribution in [1.29, 1.82) is 10.7 Å². The van der Waals surface area contributed by atoms with Gasteiger partial charge in [-0.3, -0.25) is 10.8 Å². The second-order valence-electron chi connectivity index (χ2n) is 3.48. The van der Waals surface area contributed by atoms with E-state index in [4.69, 9.17) is 21.1 Å². The summed E-state index contributed by atoms with van der Waals surface area (Å²) in [4.78, 5) is 0. The third-order valence-electron chi connectivity index (χ3n) is 2.27. The minimum atomic E-state index is -1.16. The van der Waals surface area contributed by atoms with Crippen LogP contribution in [-0.4, -0.2) is 18.7 Å². The predicted molar refractivity (Wildman–Crippen MR) is 66.2 cm³/mol. The summed E-state index contributed by atoms with van der Waals surface area (Å²) in [5.41, 5.74) is 6.44. The van der Waals surface area contributed by atoms with Crippen LogP contribution in [0, 0.1) is 35.3 Å². The Morgan fingerprint density at radius 3 is 2.63 bits per heavy atom. The minimum Gasteiger partial charge on any atom is -0.496 e. The van der Waals surface area contributed by atoms with E-state index >= 15 is 0 Å². The SMILES string of the molecule is COc1cc(N/N=C(\C#N)C(=N)N)c(F)c(F)c1C. The van der Waals surface area contributed by atoms with Gasteiger partial charge in [0.25, 0.3) is 0 Å². The molecule has 0 bridgehead atoms. The summed E-state index contributed by atoms with van der Waals surface area (Å²) in [5.74, 6) is -2.71. The molecule has 0 heterocycles. The molecule has 0 spiro atoms. The molecule has 0 atom stereocenters. The summed E-state index contributed by atoms with van der Waals surface area (Å²) in [6, 6.07) is 2.72. The van der Waals surface area contributed by atoms with Crippen LogP contribution >= 0.6 is 0 Å². The van der Waals surface area contributed by atoms with Crippen molar-refractivity contribution in [3.8, 4) is 11.8 Å². The smallest absolute Gasteiger partial charge is 0.201 e. The van der Waals surface area contributed by atoms with E-state index in [1.54, 1.807) is 0 Å². The van der Waals surface area contributed by atoms with Crippen molar-refractivity contribution in [1.82, 2.24) is 0 Å². The highest BCUT2D eigenvalue weighted by atomic mass is 19.2. The number of nitrogens with two attached hydrogens (primary N) is 1. The second-order valence-corrected chi connectivity index (χ2v) is 3.48. The number of rotatable bonds is 4. The van der Waals surface area contributed by atoms with E-state index in [-0.39, 0.29) is 17.0 Å². The molecule has 0 aliphatic heterocycles. The lowest BCUT2D eigenvalue weighted by Gasteiger charge is -2.10. The maximum atomic E-state index is 13.6. The predicted octanol–water partition coefficient (Wildman–Crippen LogP) is 1.51. The van der Waals surface area contributed by atoms with E-state index in [9.17, 15) is 8.78 Å². The average molecular weight is 267 g/mol. The van der Waals surface area contributed by atoms with Gasteiger partial charge in [0.1, 0.15) is 11.8 Å². The van der Waals surface area contributed by atoms with Gasteiger partial charge in [0.15, 0.2) is 17.5 Å². The molecule has 0 aromatic heterocycles. The summed E-state index contributed by atoms with van der Waals surface area (Å²) >= 11 is 0. The lowest BCUT2D eigenvalue weighted by molar-refractivity contribution is 0.402. The highest BCUT2D eigenvalue weighted by Gasteiger charge is 2.16. The van der Waals surface area contributed by atoms with Gasteiger partial charge in [0, 0.05) is 11.6 Å². The van der Waals surface area contributed by atoms with Gasteiger partial charge in [-0.2, -0.15) is 10.4 Å². The number of hydrogen-bond donors (Lipinski definition) is 3. The van der Waals surface area contributed by atoms with E-state index in [0.29, 0.717) is 0 Å². The summed E-state index contributed by atoms with van der Waals surface area (Å²) in [5, 5.41) is 19.0. The zero-order chi connectivity index (χ0) is 14.6. The van der Waals surface area contributed by atoms with Crippen molar-refractivity contribution in [2.24, 2.45) is 10.8 Å². The summed E-state index contributed by atoms with van der Waals surface area (Å²) < 4.78 is 32.0. The van der Waals surface area contributed by atoms with E-state index < -0.39 is 23.2 Å². The third-order valence-corrected chi connectivity index (χ3v) is 2.27. The number of benzene rings is 1. The molecule has 0 amide bonds. The van der Waals surface area contributed by atoms with Crippen molar-refractivity contribution in [2.75, 3.05) is 12.5 Å². The number of nitrogens with zero attached hydrogens (tertiary/aromatic N) is 2. The lowest BCUT2D eigenvalue weighted by Crippen LogP contribution is -2.22. The van der Waals surface area contributed by atoms with Crippen LogP contribution in [0.2, 0.25) is 0 Å². The van der Waals surface area contributed by atoms with Crippen LogP contribution in [-0.2, 0) is 0 Å². The number of hydrogen-bond acceptors (Lipinski definition) is 5. The molecule has 0 saturated carbocycles. The Kier molecular flexibility index (Phi) is 4.36. The molecule has 0 unspecified atom stereocenters. The van der Waals surface area contributed by atoms with Crippen LogP contribution < -0.4 is 15.9 Å². The van der Waals surface area contributed by atoms with Gasteiger partial charge >= 0.3 is 0 Å². The quantitative estimate of drug-likeness (QED) is 0.436. The second kappa shape index (κ2) is 5.77. The molecule has 0 fully saturated rings. The number of methoxy groups -OCH3 is 1. The molecule has 0 radical (unpaired) electrons. The Morgan fingerprint density at radius 1 is 1.53 bits per heavy atom. The van der Waals surface area contributed by atoms with Gasteiger partial charge < -0.3 is 10.5 Å². The highest BCUT2D eigenvalue weighted by molar-refractivity contribution is 6.45. The number of nitriles is 1. The van der Waals surface area contributed by atoms with E-state index in [0.717, 1.165) is 0 Å². The fraction of sp³-hybridized carbons (Fsp3) is 0.182. The first-order valence-electron chi connectivity index (χ1n) is 5.03. The van der Waals surface area contributed by atoms with Crippen LogP contribution in [0.1, 0.15) is 5.56 Å². The van der Waals surface area contributed by atoms with Gasteiger partial charge in [-0.15, -0.1) is 0 Å². The zero-order valence-electron chi connectivity index (χ0n) is 10.2. The average Bonchev–Trinajstić information content (AvgIpc) is 2.38. The first-order chi connectivity index (χ1) is 8.92. The van der Waals surface area contributed by atoms with Crippen molar-refractivity contribution < 1.29 is 13.5 Å². The Balaban J connectivity index is 3.20. The van der Waals surface area contributed by atoms with Crippen molar-refractivity contribution >= 4 is 17.2 Å². The molecule has 0 aliphatic carbocycles. The first kappa shape index (κ1) is 14.4. The number of halogens is 2. The fourth-order valence-electron chi connectivity index (χ4n) is 1.25. The molecule has 1 aromatic rings. The Hall–Kier alpha value is -2.69. The minimum absolute atomic E-state index is 0.0154. The zero-order valence-corrected chi connectivity index (χ0v) is 10.2. The van der Waals surface area contributed by atoms with E-state index in [1.165, 1.54) is 26.2 Å². The van der Waals surface area contributed by atoms with Gasteiger partial charge in [-0.1, -0.05) is 0 Å². The Labute approximate surface area is 108 Å². The third kappa shape index (κ3) is 2.95. The monoisotopic (exact) mass is 267 g/mol. The normalized spacial score (nSPS) is 10.8. The summed E-state index contributed by atoms with van der Waals surface area (Å²) in [7, 11) is 1.31. The maximum Gasteiger partial charge on any atom is 0.201 e. The van der Waals surface area contributed by atoms with Crippen molar-refractivity contribution in [2.45, 2.75) is 6.92 Å². The number of ether oxygens (including phenoxy) is 1. The number of hydrazone groups is 1. The number of anilines is 1. The van der Waals surface area contributed by atoms with Gasteiger partial charge in [0.2, 0.25) is 5.71 Å². The molecule has 4 N–H and O–H groups in total. The van der Waals surface area contributed by atoms with Gasteiger partial charge in [-0.25, -0.2) is 8.78 Å². The number of nitrogens with one attached hydrogen (secondary N) is 2.